The quantitative estimate of drug-likeness (QED) is 0.810. The van der Waals surface area contributed by atoms with Crippen LogP contribution in [0.3, 0.4) is 0 Å². The highest BCUT2D eigenvalue weighted by atomic mass is 16.3. The zero-order chi connectivity index (χ0) is 10.8. The van der Waals surface area contributed by atoms with Crippen LogP contribution in [0.4, 0.5) is 0 Å². The molecule has 3 heteroatoms. The van der Waals surface area contributed by atoms with E-state index in [4.69, 9.17) is 10.2 Å². The Morgan fingerprint density at radius 1 is 1.20 bits per heavy atom. The molecule has 0 saturated carbocycles. The first kappa shape index (κ1) is 9.52. The lowest BCUT2D eigenvalue weighted by molar-refractivity contribution is 0.100. The number of hydrogen-bond acceptors (Lipinski definition) is 2. The van der Waals surface area contributed by atoms with E-state index in [1.54, 1.807) is 6.07 Å². The molecule has 76 valence electrons. The molecule has 0 unspecified atom stereocenters. The number of benzene rings is 1. The van der Waals surface area contributed by atoms with Gasteiger partial charge in [0, 0.05) is 5.56 Å². The third-order valence-corrected chi connectivity index (χ3v) is 2.24. The second-order valence-electron chi connectivity index (χ2n) is 3.39. The zero-order valence-electron chi connectivity index (χ0n) is 8.36. The summed E-state index contributed by atoms with van der Waals surface area (Å²) in [5, 5.41) is 0. The second kappa shape index (κ2) is 3.61. The molecule has 15 heavy (non-hydrogen) atoms. The standard InChI is InChI=1S/C12H11NO2/c1-8-2-4-9(5-3-8)11-10(12(13)14)6-7-15-11/h2-7H,1H3,(H2,13,14). The largest absolute Gasteiger partial charge is 0.464 e. The number of furan rings is 1. The van der Waals surface area contributed by atoms with Crippen LogP contribution in [0.2, 0.25) is 0 Å². The molecule has 2 N–H and O–H groups in total. The maximum atomic E-state index is 11.1. The van der Waals surface area contributed by atoms with Gasteiger partial charge in [0.25, 0.3) is 5.91 Å². The van der Waals surface area contributed by atoms with Crippen LogP contribution in [-0.2, 0) is 0 Å². The smallest absolute Gasteiger partial charge is 0.252 e. The van der Waals surface area contributed by atoms with Crippen LogP contribution < -0.4 is 5.73 Å². The number of carbonyl (C=O) groups excluding carboxylic acids is 1. The van der Waals surface area contributed by atoms with Crippen molar-refractivity contribution in [1.82, 2.24) is 0 Å². The lowest BCUT2D eigenvalue weighted by Crippen LogP contribution is -2.10. The molecule has 0 bridgehead atoms. The lowest BCUT2D eigenvalue weighted by Gasteiger charge is -2.00. The molecule has 3 nitrogen and oxygen atoms in total. The number of aryl methyl sites for hydroxylation is 1. The van der Waals surface area contributed by atoms with E-state index in [1.807, 2.05) is 31.2 Å². The fourth-order valence-corrected chi connectivity index (χ4v) is 1.43. The number of carbonyl (C=O) groups is 1. The molecule has 0 aliphatic carbocycles. The van der Waals surface area contributed by atoms with Crippen molar-refractivity contribution in [2.75, 3.05) is 0 Å². The zero-order valence-corrected chi connectivity index (χ0v) is 8.36. The van der Waals surface area contributed by atoms with Gasteiger partial charge in [-0.25, -0.2) is 0 Å². The first-order chi connectivity index (χ1) is 7.18. The van der Waals surface area contributed by atoms with E-state index in [9.17, 15) is 4.79 Å². The Balaban J connectivity index is 2.49. The Morgan fingerprint density at radius 2 is 1.87 bits per heavy atom. The van der Waals surface area contributed by atoms with Gasteiger partial charge >= 0.3 is 0 Å². The van der Waals surface area contributed by atoms with Gasteiger partial charge in [-0.1, -0.05) is 29.8 Å². The molecule has 0 spiro atoms. The van der Waals surface area contributed by atoms with Gasteiger partial charge in [-0.15, -0.1) is 0 Å². The summed E-state index contributed by atoms with van der Waals surface area (Å²) in [4.78, 5) is 11.1. The van der Waals surface area contributed by atoms with Crippen molar-refractivity contribution in [1.29, 1.82) is 0 Å². The number of nitrogens with two attached hydrogens (primary N) is 1. The Bertz CT molecular complexity index is 483. The normalized spacial score (nSPS) is 10.2. The Hall–Kier alpha value is -2.03. The molecule has 0 fully saturated rings. The number of hydrogen-bond donors (Lipinski definition) is 1. The number of rotatable bonds is 2. The predicted octanol–water partition coefficient (Wildman–Crippen LogP) is 2.35. The van der Waals surface area contributed by atoms with Gasteiger partial charge in [-0.05, 0) is 13.0 Å². The summed E-state index contributed by atoms with van der Waals surface area (Å²) in [5.41, 5.74) is 7.66. The van der Waals surface area contributed by atoms with Crippen LogP contribution in [0, 0.1) is 6.92 Å². The molecule has 0 aliphatic heterocycles. The van der Waals surface area contributed by atoms with E-state index in [2.05, 4.69) is 0 Å². The van der Waals surface area contributed by atoms with Gasteiger partial charge in [0.05, 0.1) is 11.8 Å². The summed E-state index contributed by atoms with van der Waals surface area (Å²) in [5.74, 6) is 0.0572. The van der Waals surface area contributed by atoms with Gasteiger partial charge in [-0.3, -0.25) is 4.79 Å². The van der Waals surface area contributed by atoms with E-state index in [0.29, 0.717) is 11.3 Å². The van der Waals surface area contributed by atoms with Crippen molar-refractivity contribution in [3.8, 4) is 11.3 Å². The summed E-state index contributed by atoms with van der Waals surface area (Å²) < 4.78 is 5.25. The second-order valence-corrected chi connectivity index (χ2v) is 3.39. The third-order valence-electron chi connectivity index (χ3n) is 2.24. The molecule has 1 amide bonds. The van der Waals surface area contributed by atoms with E-state index in [1.165, 1.54) is 6.26 Å². The molecule has 2 aromatic rings. The molecule has 0 radical (unpaired) electrons. The Kier molecular flexibility index (Phi) is 2.29. The molecule has 0 atom stereocenters. The summed E-state index contributed by atoms with van der Waals surface area (Å²) in [6.07, 6.45) is 1.47. The highest BCUT2D eigenvalue weighted by Crippen LogP contribution is 2.24. The Labute approximate surface area is 87.5 Å². The average molecular weight is 201 g/mol. The highest BCUT2D eigenvalue weighted by molar-refractivity contribution is 5.98. The molecule has 1 aromatic heterocycles. The van der Waals surface area contributed by atoms with E-state index in [0.717, 1.165) is 11.1 Å². The lowest BCUT2D eigenvalue weighted by atomic mass is 10.1. The van der Waals surface area contributed by atoms with E-state index < -0.39 is 5.91 Å². The van der Waals surface area contributed by atoms with Crippen molar-refractivity contribution >= 4 is 5.91 Å². The molecule has 2 rings (SSSR count). The summed E-state index contributed by atoms with van der Waals surface area (Å²) in [6, 6.07) is 9.31. The molecule has 1 aromatic carbocycles. The van der Waals surface area contributed by atoms with Crippen molar-refractivity contribution in [3.63, 3.8) is 0 Å². The topological polar surface area (TPSA) is 56.2 Å². The molecule has 1 heterocycles. The summed E-state index contributed by atoms with van der Waals surface area (Å²) in [6.45, 7) is 2.00. The maximum absolute atomic E-state index is 11.1. The maximum Gasteiger partial charge on any atom is 0.252 e. The van der Waals surface area contributed by atoms with Crippen LogP contribution in [-0.4, -0.2) is 5.91 Å². The summed E-state index contributed by atoms with van der Waals surface area (Å²) >= 11 is 0. The number of primary amides is 1. The third kappa shape index (κ3) is 1.76. The van der Waals surface area contributed by atoms with Crippen molar-refractivity contribution in [2.45, 2.75) is 6.92 Å². The van der Waals surface area contributed by atoms with Crippen LogP contribution in [0.25, 0.3) is 11.3 Å². The fourth-order valence-electron chi connectivity index (χ4n) is 1.43. The van der Waals surface area contributed by atoms with Crippen molar-refractivity contribution in [3.05, 3.63) is 47.7 Å². The van der Waals surface area contributed by atoms with Crippen LogP contribution in [0.1, 0.15) is 15.9 Å². The van der Waals surface area contributed by atoms with Crippen molar-refractivity contribution < 1.29 is 9.21 Å². The molecule has 0 saturated heterocycles. The average Bonchev–Trinajstić information content (AvgIpc) is 2.67. The van der Waals surface area contributed by atoms with Gasteiger partial charge in [-0.2, -0.15) is 0 Å². The SMILES string of the molecule is Cc1ccc(-c2occc2C(N)=O)cc1. The van der Waals surface area contributed by atoms with E-state index >= 15 is 0 Å². The minimum Gasteiger partial charge on any atom is -0.464 e. The van der Waals surface area contributed by atoms with Gasteiger partial charge in [0.1, 0.15) is 5.76 Å². The molecule has 0 aliphatic rings. The monoisotopic (exact) mass is 201 g/mol. The fraction of sp³-hybridized carbons (Fsp3) is 0.0833. The minimum absolute atomic E-state index is 0.416. The molecular formula is C12H11NO2. The highest BCUT2D eigenvalue weighted by Gasteiger charge is 2.12. The Morgan fingerprint density at radius 3 is 2.47 bits per heavy atom. The van der Waals surface area contributed by atoms with E-state index in [-0.39, 0.29) is 0 Å². The van der Waals surface area contributed by atoms with Crippen LogP contribution in [0.15, 0.2) is 41.0 Å². The predicted molar refractivity (Wildman–Crippen MR) is 57.4 cm³/mol. The van der Waals surface area contributed by atoms with Crippen LogP contribution >= 0.6 is 0 Å². The van der Waals surface area contributed by atoms with Gasteiger partial charge in [0.15, 0.2) is 0 Å². The first-order valence-electron chi connectivity index (χ1n) is 4.63. The van der Waals surface area contributed by atoms with Gasteiger partial charge in [0.2, 0.25) is 0 Å². The minimum atomic E-state index is -0.473. The molecular weight excluding hydrogens is 190 g/mol. The summed E-state index contributed by atoms with van der Waals surface area (Å²) in [7, 11) is 0. The van der Waals surface area contributed by atoms with Gasteiger partial charge < -0.3 is 10.2 Å². The first-order valence-corrected chi connectivity index (χ1v) is 4.63. The number of amides is 1. The van der Waals surface area contributed by atoms with Crippen molar-refractivity contribution in [2.24, 2.45) is 5.73 Å². The van der Waals surface area contributed by atoms with Crippen LogP contribution in [0.5, 0.6) is 0 Å².